The fourth-order valence-corrected chi connectivity index (χ4v) is 18.6. The van der Waals surface area contributed by atoms with E-state index < -0.39 is 0 Å². The zero-order valence-electron chi connectivity index (χ0n) is 69.1. The van der Waals surface area contributed by atoms with Crippen LogP contribution in [0.25, 0.3) is 110 Å². The highest BCUT2D eigenvalue weighted by atomic mass is 16.3. The van der Waals surface area contributed by atoms with Crippen molar-refractivity contribution in [1.29, 1.82) is 0 Å². The van der Waals surface area contributed by atoms with Gasteiger partial charge in [-0.15, -0.1) is 0 Å². The molecular formula is C114H95N7O. The van der Waals surface area contributed by atoms with Gasteiger partial charge in [0.1, 0.15) is 5.75 Å². The maximum atomic E-state index is 9.88. The van der Waals surface area contributed by atoms with Gasteiger partial charge in [0.15, 0.2) is 0 Å². The van der Waals surface area contributed by atoms with E-state index in [0.717, 1.165) is 56.8 Å². The number of phenols is 1. The molecule has 0 spiro atoms. The molecule has 1 heterocycles. The number of rotatable bonds is 6. The highest BCUT2D eigenvalue weighted by molar-refractivity contribution is 6.27. The molecule has 8 heteroatoms. The van der Waals surface area contributed by atoms with Crippen LogP contribution in [0.3, 0.4) is 0 Å². The first-order valence-electron chi connectivity index (χ1n) is 41.6. The van der Waals surface area contributed by atoms with Gasteiger partial charge in [0, 0.05) is 66.7 Å². The number of H-pyrrole nitrogens is 1. The van der Waals surface area contributed by atoms with Crippen LogP contribution >= 0.6 is 0 Å². The summed E-state index contributed by atoms with van der Waals surface area (Å²) in [5, 5.41) is 19.4. The summed E-state index contributed by atoms with van der Waals surface area (Å²) in [6.07, 6.45) is 1.03. The van der Waals surface area contributed by atoms with E-state index in [4.69, 9.17) is 34.4 Å². The normalized spacial score (nSPS) is 12.5. The second-order valence-electron chi connectivity index (χ2n) is 32.6. The Bertz CT molecular complexity index is 6630. The average Bonchev–Trinajstić information content (AvgIpc) is 1.52. The first-order chi connectivity index (χ1) is 59.4. The van der Waals surface area contributed by atoms with Gasteiger partial charge in [0.05, 0.1) is 10.8 Å². The summed E-state index contributed by atoms with van der Waals surface area (Å²) in [6.45, 7) is 10.6. The maximum Gasteiger partial charge on any atom is 0.115 e. The van der Waals surface area contributed by atoms with Crippen LogP contribution in [0.5, 0.6) is 5.75 Å². The molecule has 0 radical (unpaired) electrons. The number of phenolic OH excluding ortho intramolecular Hbond substituents is 1. The van der Waals surface area contributed by atoms with Crippen molar-refractivity contribution in [3.8, 4) is 61.4 Å². The van der Waals surface area contributed by atoms with Crippen LogP contribution in [0, 0.1) is 34.6 Å². The number of anilines is 6. The summed E-state index contributed by atoms with van der Waals surface area (Å²) in [5.41, 5.74) is 74.1. The van der Waals surface area contributed by atoms with Crippen LogP contribution in [-0.2, 0) is 17.3 Å². The standard InChI is InChI=1S/C26H21N.C26H20O.C19H17N.C16H12N2.C14H13N.C13H12N2/c2*1-18-10-12-19(13-11-18)26(20-14-16-21(27)17-15-20)24-8-4-2-6-22(24)23-7-3-5-9-25(23)26;1-14-2-4-15(5-3-14)16-6-8-17(9-7-16)18-10-12-19(20)13-11-18;17-13-8-4-10-2-6-12-14(18)7-3-9-1-5-11(13)16(10)15(9)12;1-9-2-4-13-10(6-9)7-11-8-12(15)3-5-14(11)13;1-8-2-4-12-10(6-8)11-7-9(14)3-5-13(11)15-12/h2-17H,27H2,1H3;2-17,27H,1H3;2-13H,20H2,1H3;1-8H,17-18H2;2-6,8H,7,15H2,1H3;2-7,15H,14H2,1H3. The molecule has 14 N–H and O–H groups in total. The lowest BCUT2D eigenvalue weighted by molar-refractivity contribution is 0.475. The Labute approximate surface area is 713 Å². The Morgan fingerprint density at radius 2 is 0.549 bits per heavy atom. The van der Waals surface area contributed by atoms with Gasteiger partial charge in [-0.05, 0) is 265 Å². The molecule has 0 unspecified atom stereocenters. The third-order valence-electron chi connectivity index (χ3n) is 24.6. The van der Waals surface area contributed by atoms with Gasteiger partial charge in [0.25, 0.3) is 0 Å². The molecule has 0 saturated carbocycles. The van der Waals surface area contributed by atoms with E-state index in [1.807, 2.05) is 72.8 Å². The number of aromatic hydroxyl groups is 1. The summed E-state index contributed by atoms with van der Waals surface area (Å²) in [4.78, 5) is 3.38. The third-order valence-corrected chi connectivity index (χ3v) is 24.6. The van der Waals surface area contributed by atoms with Gasteiger partial charge in [-0.3, -0.25) is 0 Å². The highest BCUT2D eigenvalue weighted by Gasteiger charge is 2.47. The van der Waals surface area contributed by atoms with Gasteiger partial charge >= 0.3 is 0 Å². The Balaban J connectivity index is 0.000000102. The van der Waals surface area contributed by atoms with E-state index in [0.29, 0.717) is 0 Å². The minimum absolute atomic E-state index is 0.289. The zero-order valence-corrected chi connectivity index (χ0v) is 69.1. The smallest absolute Gasteiger partial charge is 0.115 e. The monoisotopic (exact) mass is 1580 g/mol. The Kier molecular flexibility index (Phi) is 20.7. The molecule has 0 aliphatic heterocycles. The molecule has 122 heavy (non-hydrogen) atoms. The topological polar surface area (TPSA) is 192 Å². The Morgan fingerprint density at radius 1 is 0.246 bits per heavy atom. The molecule has 23 rings (SSSR count). The van der Waals surface area contributed by atoms with Crippen molar-refractivity contribution in [2.45, 2.75) is 51.9 Å². The summed E-state index contributed by atoms with van der Waals surface area (Å²) >= 11 is 0. The minimum atomic E-state index is -0.380. The fraction of sp³-hybridized carbons (Fsp3) is 0.0702. The van der Waals surface area contributed by atoms with E-state index in [9.17, 15) is 5.11 Å². The van der Waals surface area contributed by atoms with E-state index >= 15 is 0 Å². The largest absolute Gasteiger partial charge is 0.508 e. The van der Waals surface area contributed by atoms with Gasteiger partial charge in [-0.1, -0.05) is 325 Å². The number of nitrogens with one attached hydrogen (secondary N) is 1. The van der Waals surface area contributed by atoms with Crippen molar-refractivity contribution >= 4 is 88.2 Å². The maximum absolute atomic E-state index is 9.88. The number of nitrogen functional groups attached to an aromatic ring is 6. The zero-order chi connectivity index (χ0) is 83.9. The molecule has 19 aromatic carbocycles. The number of hydrogen-bond acceptors (Lipinski definition) is 7. The molecule has 592 valence electrons. The second kappa shape index (κ2) is 32.5. The predicted molar refractivity (Wildman–Crippen MR) is 517 cm³/mol. The molecule has 0 saturated heterocycles. The first kappa shape index (κ1) is 77.8. The molecule has 0 bridgehead atoms. The number of nitrogens with two attached hydrogens (primary N) is 6. The van der Waals surface area contributed by atoms with Crippen molar-refractivity contribution in [3.05, 3.63) is 472 Å². The number of aromatic amines is 1. The lowest BCUT2D eigenvalue weighted by Gasteiger charge is -2.34. The van der Waals surface area contributed by atoms with E-state index in [-0.39, 0.29) is 16.6 Å². The summed E-state index contributed by atoms with van der Waals surface area (Å²) in [7, 11) is 0. The highest BCUT2D eigenvalue weighted by Crippen LogP contribution is 2.58. The van der Waals surface area contributed by atoms with Crippen molar-refractivity contribution < 1.29 is 5.11 Å². The SMILES string of the molecule is Cc1ccc(-c2ccc(-c3ccc(N)cc3)cc2)cc1.Cc1ccc(C2(c3ccc(N)cc3)c3ccccc3-c3ccccc32)cc1.Cc1ccc(C2(c3ccc(O)cc3)c3ccccc3-c3ccccc32)cc1.Cc1ccc2[nH]c3ccc(N)cc3c2c1.Cc1ccc2c(c1)Cc1cc(N)ccc1-2.Nc1ccc2ccc3c(N)ccc4ccc1c2c43. The number of hydrogen-bond donors (Lipinski definition) is 8. The van der Waals surface area contributed by atoms with Crippen LogP contribution < -0.4 is 34.4 Å². The molecule has 0 fully saturated rings. The van der Waals surface area contributed by atoms with Crippen LogP contribution in [-0.4, -0.2) is 10.1 Å². The molecule has 8 nitrogen and oxygen atoms in total. The quantitative estimate of drug-likeness (QED) is 0.0600. The number of aryl methyl sites for hydroxylation is 5. The second-order valence-corrected chi connectivity index (χ2v) is 32.6. The predicted octanol–water partition coefficient (Wildman–Crippen LogP) is 27.0. The Morgan fingerprint density at radius 3 is 1.00 bits per heavy atom. The van der Waals surface area contributed by atoms with Gasteiger partial charge < -0.3 is 44.5 Å². The van der Waals surface area contributed by atoms with E-state index in [1.165, 1.54) is 177 Å². The summed E-state index contributed by atoms with van der Waals surface area (Å²) in [5.74, 6) is 0.289. The molecule has 0 amide bonds. The van der Waals surface area contributed by atoms with E-state index in [2.05, 4.69) is 343 Å². The van der Waals surface area contributed by atoms with Gasteiger partial charge in [-0.25, -0.2) is 0 Å². The average molecular weight is 1580 g/mol. The van der Waals surface area contributed by atoms with Gasteiger partial charge in [-0.2, -0.15) is 0 Å². The summed E-state index contributed by atoms with van der Waals surface area (Å²) < 4.78 is 0. The number of benzene rings is 19. The van der Waals surface area contributed by atoms with Crippen molar-refractivity contribution in [2.24, 2.45) is 0 Å². The van der Waals surface area contributed by atoms with Crippen molar-refractivity contribution in [3.63, 3.8) is 0 Å². The lowest BCUT2D eigenvalue weighted by atomic mass is 9.67. The van der Waals surface area contributed by atoms with Crippen molar-refractivity contribution in [1.82, 2.24) is 4.98 Å². The number of aromatic nitrogens is 1. The molecular weight excluding hydrogens is 1480 g/mol. The lowest BCUT2D eigenvalue weighted by Crippen LogP contribution is -2.28. The molecule has 1 aromatic heterocycles. The molecule has 3 aliphatic rings. The minimum Gasteiger partial charge on any atom is -0.508 e. The number of fused-ring (bicyclic) bond motifs is 12. The van der Waals surface area contributed by atoms with Crippen molar-refractivity contribution in [2.75, 3.05) is 34.4 Å². The third kappa shape index (κ3) is 14.5. The fourth-order valence-electron chi connectivity index (χ4n) is 18.6. The van der Waals surface area contributed by atoms with Crippen LogP contribution in [0.1, 0.15) is 83.5 Å². The summed E-state index contributed by atoms with van der Waals surface area (Å²) in [6, 6.07) is 136. The van der Waals surface area contributed by atoms with Crippen LogP contribution in [0.4, 0.5) is 34.1 Å². The molecule has 20 aromatic rings. The van der Waals surface area contributed by atoms with Crippen LogP contribution in [0.15, 0.2) is 388 Å². The Hall–Kier alpha value is -15.4. The van der Waals surface area contributed by atoms with E-state index in [1.54, 1.807) is 12.1 Å². The molecule has 3 aliphatic carbocycles. The van der Waals surface area contributed by atoms with Gasteiger partial charge in [0.2, 0.25) is 0 Å². The van der Waals surface area contributed by atoms with Crippen LogP contribution in [0.2, 0.25) is 0 Å². The first-order valence-corrected chi connectivity index (χ1v) is 41.6. The molecule has 0 atom stereocenters.